The van der Waals surface area contributed by atoms with E-state index in [1.165, 1.54) is 0 Å². The zero-order valence-corrected chi connectivity index (χ0v) is 11.1. The SMILES string of the molecule is Nc1cn2ccnc2c(NCCCCn2ccnc2)n1. The van der Waals surface area contributed by atoms with Crippen LogP contribution < -0.4 is 11.1 Å². The second-order valence-electron chi connectivity index (χ2n) is 4.61. The van der Waals surface area contributed by atoms with Crippen LogP contribution in [0.2, 0.25) is 0 Å². The summed E-state index contributed by atoms with van der Waals surface area (Å²) in [5.74, 6) is 1.22. The molecule has 0 bridgehead atoms. The molecule has 104 valence electrons. The Morgan fingerprint density at radius 2 is 2.15 bits per heavy atom. The predicted octanol–water partition coefficient (Wildman–Crippen LogP) is 1.40. The van der Waals surface area contributed by atoms with E-state index in [1.807, 2.05) is 23.1 Å². The molecule has 0 fully saturated rings. The third-order valence-corrected chi connectivity index (χ3v) is 3.09. The van der Waals surface area contributed by atoms with Crippen molar-refractivity contribution >= 4 is 17.3 Å². The number of unbranched alkanes of at least 4 members (excludes halogenated alkanes) is 1. The molecule has 0 unspecified atom stereocenters. The highest BCUT2D eigenvalue weighted by Gasteiger charge is 2.05. The lowest BCUT2D eigenvalue weighted by molar-refractivity contribution is 0.621. The molecule has 0 aliphatic rings. The van der Waals surface area contributed by atoms with Crippen molar-refractivity contribution in [2.75, 3.05) is 17.6 Å². The number of aryl methyl sites for hydroxylation is 1. The first-order valence-corrected chi connectivity index (χ1v) is 6.62. The van der Waals surface area contributed by atoms with Crippen molar-refractivity contribution in [1.82, 2.24) is 23.9 Å². The van der Waals surface area contributed by atoms with Crippen molar-refractivity contribution in [3.05, 3.63) is 37.3 Å². The average Bonchev–Trinajstić information content (AvgIpc) is 3.08. The summed E-state index contributed by atoms with van der Waals surface area (Å²) in [6.45, 7) is 1.82. The van der Waals surface area contributed by atoms with Crippen molar-refractivity contribution in [2.45, 2.75) is 19.4 Å². The Balaban J connectivity index is 1.53. The Morgan fingerprint density at radius 1 is 1.20 bits per heavy atom. The molecule has 7 heteroatoms. The number of aromatic nitrogens is 5. The van der Waals surface area contributed by atoms with Gasteiger partial charge in [-0.1, -0.05) is 0 Å². The van der Waals surface area contributed by atoms with Crippen molar-refractivity contribution < 1.29 is 0 Å². The molecule has 3 aromatic heterocycles. The fourth-order valence-corrected chi connectivity index (χ4v) is 2.11. The van der Waals surface area contributed by atoms with Crippen LogP contribution in [0.25, 0.3) is 5.65 Å². The third kappa shape index (κ3) is 2.71. The fourth-order valence-electron chi connectivity index (χ4n) is 2.11. The standard InChI is InChI=1S/C13H17N7/c14-11-9-20-8-5-17-13(20)12(18-11)16-3-1-2-6-19-7-4-15-10-19/h4-5,7-10H,1-3,6,14H2,(H,16,18). The van der Waals surface area contributed by atoms with E-state index in [0.29, 0.717) is 5.82 Å². The van der Waals surface area contributed by atoms with Gasteiger partial charge in [0.25, 0.3) is 0 Å². The Labute approximate surface area is 116 Å². The van der Waals surface area contributed by atoms with Gasteiger partial charge in [-0.05, 0) is 12.8 Å². The molecule has 0 saturated heterocycles. The highest BCUT2D eigenvalue weighted by Crippen LogP contribution is 2.14. The van der Waals surface area contributed by atoms with Gasteiger partial charge in [-0.2, -0.15) is 0 Å². The van der Waals surface area contributed by atoms with Crippen LogP contribution in [-0.2, 0) is 6.54 Å². The number of hydrogen-bond donors (Lipinski definition) is 2. The van der Waals surface area contributed by atoms with Crippen LogP contribution in [0, 0.1) is 0 Å². The van der Waals surface area contributed by atoms with Crippen molar-refractivity contribution in [3.8, 4) is 0 Å². The number of fused-ring (bicyclic) bond motifs is 1. The molecule has 0 amide bonds. The molecule has 0 atom stereocenters. The van der Waals surface area contributed by atoms with Crippen LogP contribution in [0.5, 0.6) is 0 Å². The van der Waals surface area contributed by atoms with Gasteiger partial charge in [-0.25, -0.2) is 15.0 Å². The fraction of sp³-hybridized carbons (Fsp3) is 0.308. The summed E-state index contributed by atoms with van der Waals surface area (Å²) in [5, 5.41) is 3.30. The van der Waals surface area contributed by atoms with E-state index in [2.05, 4.69) is 24.8 Å². The number of imidazole rings is 2. The summed E-state index contributed by atoms with van der Waals surface area (Å²) < 4.78 is 3.95. The Morgan fingerprint density at radius 3 is 3.00 bits per heavy atom. The largest absolute Gasteiger partial charge is 0.382 e. The van der Waals surface area contributed by atoms with Crippen molar-refractivity contribution in [3.63, 3.8) is 0 Å². The molecule has 3 N–H and O–H groups in total. The predicted molar refractivity (Wildman–Crippen MR) is 77.4 cm³/mol. The quantitative estimate of drug-likeness (QED) is 0.662. The van der Waals surface area contributed by atoms with Gasteiger partial charge in [-0.15, -0.1) is 0 Å². The first kappa shape index (κ1) is 12.5. The van der Waals surface area contributed by atoms with Gasteiger partial charge in [-0.3, -0.25) is 0 Å². The van der Waals surface area contributed by atoms with Crippen LogP contribution in [0.4, 0.5) is 11.6 Å². The molecular weight excluding hydrogens is 254 g/mol. The summed E-state index contributed by atoms with van der Waals surface area (Å²) in [7, 11) is 0. The van der Waals surface area contributed by atoms with E-state index < -0.39 is 0 Å². The minimum absolute atomic E-state index is 0.483. The lowest BCUT2D eigenvalue weighted by Crippen LogP contribution is -2.08. The van der Waals surface area contributed by atoms with Crippen LogP contribution >= 0.6 is 0 Å². The highest BCUT2D eigenvalue weighted by atomic mass is 15.1. The minimum Gasteiger partial charge on any atom is -0.382 e. The molecule has 3 aromatic rings. The molecule has 0 saturated carbocycles. The Kier molecular flexibility index (Phi) is 3.49. The Hall–Kier alpha value is -2.57. The maximum Gasteiger partial charge on any atom is 0.180 e. The number of hydrogen-bond acceptors (Lipinski definition) is 5. The molecule has 3 rings (SSSR count). The average molecular weight is 271 g/mol. The second-order valence-corrected chi connectivity index (χ2v) is 4.61. The van der Waals surface area contributed by atoms with Gasteiger partial charge in [0.15, 0.2) is 11.5 Å². The summed E-state index contributed by atoms with van der Waals surface area (Å²) in [6, 6.07) is 0. The maximum atomic E-state index is 5.77. The van der Waals surface area contributed by atoms with E-state index in [-0.39, 0.29) is 0 Å². The smallest absolute Gasteiger partial charge is 0.180 e. The van der Waals surface area contributed by atoms with Gasteiger partial charge < -0.3 is 20.0 Å². The zero-order chi connectivity index (χ0) is 13.8. The lowest BCUT2D eigenvalue weighted by Gasteiger charge is -2.08. The van der Waals surface area contributed by atoms with Gasteiger partial charge in [0.1, 0.15) is 5.82 Å². The molecule has 20 heavy (non-hydrogen) atoms. The second kappa shape index (κ2) is 5.60. The third-order valence-electron chi connectivity index (χ3n) is 3.09. The molecule has 0 aromatic carbocycles. The van der Waals surface area contributed by atoms with Crippen LogP contribution in [0.15, 0.2) is 37.3 Å². The van der Waals surface area contributed by atoms with Gasteiger partial charge in [0.2, 0.25) is 0 Å². The van der Waals surface area contributed by atoms with Gasteiger partial charge in [0.05, 0.1) is 12.5 Å². The normalized spacial score (nSPS) is 11.0. The first-order chi connectivity index (χ1) is 9.83. The van der Waals surface area contributed by atoms with Crippen molar-refractivity contribution in [1.29, 1.82) is 0 Å². The summed E-state index contributed by atoms with van der Waals surface area (Å²) in [5.41, 5.74) is 6.57. The molecule has 0 radical (unpaired) electrons. The number of nitrogens with two attached hydrogens (primary N) is 1. The zero-order valence-electron chi connectivity index (χ0n) is 11.1. The van der Waals surface area contributed by atoms with Gasteiger partial charge >= 0.3 is 0 Å². The monoisotopic (exact) mass is 271 g/mol. The molecule has 0 aliphatic heterocycles. The van der Waals surface area contributed by atoms with Crippen LogP contribution in [0.1, 0.15) is 12.8 Å². The number of nitrogens with one attached hydrogen (secondary N) is 1. The first-order valence-electron chi connectivity index (χ1n) is 6.62. The molecule has 7 nitrogen and oxygen atoms in total. The number of nitrogens with zero attached hydrogens (tertiary/aromatic N) is 5. The molecule has 0 spiro atoms. The van der Waals surface area contributed by atoms with E-state index >= 15 is 0 Å². The van der Waals surface area contributed by atoms with Crippen molar-refractivity contribution in [2.24, 2.45) is 0 Å². The Bertz CT molecular complexity index is 671. The number of anilines is 2. The summed E-state index contributed by atoms with van der Waals surface area (Å²) in [6.07, 6.45) is 13.1. The molecule has 3 heterocycles. The maximum absolute atomic E-state index is 5.77. The number of rotatable bonds is 6. The number of nitrogen functional groups attached to an aromatic ring is 1. The summed E-state index contributed by atoms with van der Waals surface area (Å²) >= 11 is 0. The molecule has 0 aliphatic carbocycles. The topological polar surface area (TPSA) is 86.1 Å². The minimum atomic E-state index is 0.483. The van der Waals surface area contributed by atoms with Crippen LogP contribution in [0.3, 0.4) is 0 Å². The van der Waals surface area contributed by atoms with E-state index in [1.54, 1.807) is 18.6 Å². The van der Waals surface area contributed by atoms with Crippen LogP contribution in [-0.4, -0.2) is 30.5 Å². The molecular formula is C13H17N7. The van der Waals surface area contributed by atoms with E-state index in [0.717, 1.165) is 37.4 Å². The van der Waals surface area contributed by atoms with Gasteiger partial charge in [0, 0.05) is 37.9 Å². The van der Waals surface area contributed by atoms with E-state index in [9.17, 15) is 0 Å². The highest BCUT2D eigenvalue weighted by molar-refractivity contribution is 5.64. The lowest BCUT2D eigenvalue weighted by atomic mass is 10.3. The summed E-state index contributed by atoms with van der Waals surface area (Å²) in [4.78, 5) is 12.6. The van der Waals surface area contributed by atoms with E-state index in [4.69, 9.17) is 5.73 Å².